The van der Waals surface area contributed by atoms with Crippen LogP contribution in [0.3, 0.4) is 0 Å². The predicted octanol–water partition coefficient (Wildman–Crippen LogP) is 0.258. The first-order chi connectivity index (χ1) is 13.0. The van der Waals surface area contributed by atoms with Crippen molar-refractivity contribution in [1.29, 1.82) is 0 Å². The van der Waals surface area contributed by atoms with Crippen molar-refractivity contribution in [1.82, 2.24) is 30.4 Å². The molecule has 1 N–H and O–H groups in total. The van der Waals surface area contributed by atoms with Crippen LogP contribution < -0.4 is 5.32 Å². The highest BCUT2D eigenvalue weighted by Gasteiger charge is 2.42. The van der Waals surface area contributed by atoms with Crippen LogP contribution in [-0.2, 0) is 14.6 Å². The molecule has 1 amide bonds. The Labute approximate surface area is 163 Å². The van der Waals surface area contributed by atoms with Gasteiger partial charge in [0.05, 0.1) is 29.3 Å². The molecule has 1 aromatic heterocycles. The highest BCUT2D eigenvalue weighted by Crippen LogP contribution is 2.31. The van der Waals surface area contributed by atoms with Crippen LogP contribution in [0.4, 0.5) is 0 Å². The van der Waals surface area contributed by atoms with Gasteiger partial charge in [0.25, 0.3) is 0 Å². The second-order valence-corrected chi connectivity index (χ2v) is 10.8. The molecule has 3 heterocycles. The van der Waals surface area contributed by atoms with Crippen LogP contribution in [0.25, 0.3) is 0 Å². The molecule has 2 atom stereocenters. The third-order valence-corrected chi connectivity index (χ3v) is 8.39. The van der Waals surface area contributed by atoms with Crippen LogP contribution in [0.2, 0.25) is 0 Å². The van der Waals surface area contributed by atoms with Crippen molar-refractivity contribution in [3.8, 4) is 0 Å². The lowest BCUT2D eigenvalue weighted by atomic mass is 10.1. The minimum Gasteiger partial charge on any atom is -0.350 e. The van der Waals surface area contributed by atoms with Gasteiger partial charge >= 0.3 is 0 Å². The monoisotopic (exact) mass is 414 g/mol. The van der Waals surface area contributed by atoms with Crippen LogP contribution >= 0.6 is 11.8 Å². The number of nitrogens with one attached hydrogen (secondary N) is 1. The number of hydrogen-bond donors (Lipinski definition) is 1. The Morgan fingerprint density at radius 2 is 1.89 bits per heavy atom. The molecule has 4 rings (SSSR count). The fourth-order valence-electron chi connectivity index (χ4n) is 4.44. The van der Waals surface area contributed by atoms with Gasteiger partial charge in [0.2, 0.25) is 11.1 Å². The standard InChI is InChI=1S/C16H26N6O3S2/c23-15(9-26-16-18-19-20-22(16)12-5-1-2-6-12)17-13-10-27(24,25)11-14(13)21-7-3-4-8-21/h12-14H,1-11H2,(H,17,23). The molecule has 1 aliphatic carbocycles. The number of tetrazole rings is 1. The molecular formula is C16H26N6O3S2. The molecule has 3 fully saturated rings. The van der Waals surface area contributed by atoms with Gasteiger partial charge in [-0.3, -0.25) is 9.69 Å². The van der Waals surface area contributed by atoms with Gasteiger partial charge in [-0.25, -0.2) is 13.1 Å². The Balaban J connectivity index is 1.34. The van der Waals surface area contributed by atoms with Crippen molar-refractivity contribution in [2.45, 2.75) is 61.8 Å². The van der Waals surface area contributed by atoms with Crippen molar-refractivity contribution in [2.24, 2.45) is 0 Å². The van der Waals surface area contributed by atoms with E-state index in [2.05, 4.69) is 25.7 Å². The molecule has 0 spiro atoms. The first kappa shape index (κ1) is 19.1. The number of carbonyl (C=O) groups excluding carboxylic acids is 1. The van der Waals surface area contributed by atoms with E-state index in [0.717, 1.165) is 38.8 Å². The summed E-state index contributed by atoms with van der Waals surface area (Å²) in [6.45, 7) is 1.83. The molecule has 9 nitrogen and oxygen atoms in total. The minimum absolute atomic E-state index is 0.0321. The van der Waals surface area contributed by atoms with Crippen molar-refractivity contribution >= 4 is 27.5 Å². The number of aromatic nitrogens is 4. The van der Waals surface area contributed by atoms with Crippen LogP contribution in [0.1, 0.15) is 44.6 Å². The lowest BCUT2D eigenvalue weighted by Gasteiger charge is -2.28. The third kappa shape index (κ3) is 4.45. The summed E-state index contributed by atoms with van der Waals surface area (Å²) < 4.78 is 26.1. The van der Waals surface area contributed by atoms with Crippen molar-refractivity contribution in [3.63, 3.8) is 0 Å². The number of carbonyl (C=O) groups is 1. The summed E-state index contributed by atoms with van der Waals surface area (Å²) in [7, 11) is -3.10. The van der Waals surface area contributed by atoms with Gasteiger partial charge in [0.1, 0.15) is 0 Å². The average molecular weight is 415 g/mol. The number of hydrogen-bond acceptors (Lipinski definition) is 8. The zero-order valence-electron chi connectivity index (χ0n) is 15.3. The van der Waals surface area contributed by atoms with Gasteiger partial charge in [0.15, 0.2) is 9.84 Å². The van der Waals surface area contributed by atoms with Crippen LogP contribution in [0, 0.1) is 0 Å². The molecule has 27 heavy (non-hydrogen) atoms. The molecule has 0 radical (unpaired) electrons. The number of sulfone groups is 1. The maximum atomic E-state index is 12.5. The summed E-state index contributed by atoms with van der Waals surface area (Å²) >= 11 is 1.32. The van der Waals surface area contributed by atoms with Crippen molar-refractivity contribution in [3.05, 3.63) is 0 Å². The molecule has 2 aliphatic heterocycles. The summed E-state index contributed by atoms with van der Waals surface area (Å²) in [4.78, 5) is 14.7. The van der Waals surface area contributed by atoms with E-state index in [1.807, 2.05) is 4.68 Å². The largest absolute Gasteiger partial charge is 0.350 e. The summed E-state index contributed by atoms with van der Waals surface area (Å²) in [5, 5.41) is 15.5. The number of amides is 1. The van der Waals surface area contributed by atoms with Crippen LogP contribution in [0.5, 0.6) is 0 Å². The fourth-order valence-corrected chi connectivity index (χ4v) is 7.14. The van der Waals surface area contributed by atoms with Gasteiger partial charge in [0, 0.05) is 6.04 Å². The Hall–Kier alpha value is -1.20. The summed E-state index contributed by atoms with van der Waals surface area (Å²) in [6, 6.07) is -0.104. The van der Waals surface area contributed by atoms with E-state index in [4.69, 9.17) is 0 Å². The summed E-state index contributed by atoms with van der Waals surface area (Å²) in [5.74, 6) is 0.207. The Morgan fingerprint density at radius 3 is 2.63 bits per heavy atom. The molecule has 150 valence electrons. The average Bonchev–Trinajstić information content (AvgIpc) is 3.40. The van der Waals surface area contributed by atoms with Gasteiger partial charge in [-0.15, -0.1) is 5.10 Å². The lowest BCUT2D eigenvalue weighted by molar-refractivity contribution is -0.119. The second kappa shape index (κ2) is 8.04. The van der Waals surface area contributed by atoms with E-state index in [9.17, 15) is 13.2 Å². The predicted molar refractivity (Wildman–Crippen MR) is 101 cm³/mol. The van der Waals surface area contributed by atoms with E-state index in [1.165, 1.54) is 24.6 Å². The van der Waals surface area contributed by atoms with Crippen LogP contribution in [-0.4, -0.2) is 81.9 Å². The van der Waals surface area contributed by atoms with Gasteiger partial charge in [-0.05, 0) is 49.2 Å². The maximum absolute atomic E-state index is 12.5. The van der Waals surface area contributed by atoms with Crippen molar-refractivity contribution < 1.29 is 13.2 Å². The molecule has 2 unspecified atom stereocenters. The number of likely N-dealkylation sites (tertiary alicyclic amines) is 1. The molecule has 2 saturated heterocycles. The van der Waals surface area contributed by atoms with E-state index in [0.29, 0.717) is 11.2 Å². The molecule has 1 saturated carbocycles. The van der Waals surface area contributed by atoms with E-state index >= 15 is 0 Å². The number of rotatable bonds is 6. The quantitative estimate of drug-likeness (QED) is 0.660. The molecule has 0 aromatic carbocycles. The van der Waals surface area contributed by atoms with Crippen molar-refractivity contribution in [2.75, 3.05) is 30.3 Å². The Morgan fingerprint density at radius 1 is 1.15 bits per heavy atom. The molecule has 1 aromatic rings. The minimum atomic E-state index is -3.10. The maximum Gasteiger partial charge on any atom is 0.230 e. The normalized spacial score (nSPS) is 28.7. The first-order valence-electron chi connectivity index (χ1n) is 9.66. The lowest BCUT2D eigenvalue weighted by Crippen LogP contribution is -2.50. The molecule has 11 heteroatoms. The number of nitrogens with zero attached hydrogens (tertiary/aromatic N) is 5. The Kier molecular flexibility index (Phi) is 5.70. The molecular weight excluding hydrogens is 388 g/mol. The van der Waals surface area contributed by atoms with Gasteiger partial charge in [-0.1, -0.05) is 24.6 Å². The molecule has 0 bridgehead atoms. The zero-order valence-corrected chi connectivity index (χ0v) is 16.9. The third-order valence-electron chi connectivity index (χ3n) is 5.74. The van der Waals surface area contributed by atoms with E-state index in [1.54, 1.807) is 0 Å². The SMILES string of the molecule is O=C(CSc1nnnn1C1CCCC1)NC1CS(=O)(=O)CC1N1CCCC1. The zero-order chi connectivity index (χ0) is 18.9. The summed E-state index contributed by atoms with van der Waals surface area (Å²) in [5.41, 5.74) is 0. The molecule has 3 aliphatic rings. The first-order valence-corrected chi connectivity index (χ1v) is 12.5. The van der Waals surface area contributed by atoms with E-state index in [-0.39, 0.29) is 35.2 Å². The fraction of sp³-hybridized carbons (Fsp3) is 0.875. The number of thioether (sulfide) groups is 1. The van der Waals surface area contributed by atoms with Crippen LogP contribution in [0.15, 0.2) is 5.16 Å². The highest BCUT2D eigenvalue weighted by molar-refractivity contribution is 7.99. The summed E-state index contributed by atoms with van der Waals surface area (Å²) in [6.07, 6.45) is 6.70. The Bertz CT molecular complexity index is 771. The second-order valence-electron chi connectivity index (χ2n) is 7.69. The smallest absolute Gasteiger partial charge is 0.230 e. The highest BCUT2D eigenvalue weighted by atomic mass is 32.2. The van der Waals surface area contributed by atoms with Gasteiger partial charge in [-0.2, -0.15) is 0 Å². The van der Waals surface area contributed by atoms with Gasteiger partial charge < -0.3 is 5.32 Å². The topological polar surface area (TPSA) is 110 Å². The van der Waals surface area contributed by atoms with E-state index < -0.39 is 9.84 Å².